The lowest BCUT2D eigenvalue weighted by molar-refractivity contribution is 0.105. The van der Waals surface area contributed by atoms with E-state index in [0.717, 1.165) is 44.1 Å². The molecule has 0 aliphatic carbocycles. The molecule has 0 aromatic carbocycles. The van der Waals surface area contributed by atoms with Crippen LogP contribution in [0.5, 0.6) is 0 Å². The van der Waals surface area contributed by atoms with Crippen LogP contribution in [0.2, 0.25) is 0 Å². The average Bonchev–Trinajstić information content (AvgIpc) is 2.80. The van der Waals surface area contributed by atoms with Crippen molar-refractivity contribution in [2.45, 2.75) is 32.4 Å². The molecule has 15 heavy (non-hydrogen) atoms. The van der Waals surface area contributed by atoms with Crippen molar-refractivity contribution >= 4 is 0 Å². The molecule has 1 aliphatic rings. The first-order valence-electron chi connectivity index (χ1n) is 5.54. The smallest absolute Gasteiger partial charge is 0.157 e. The first kappa shape index (κ1) is 10.5. The fraction of sp³-hybridized carbons (Fsp3) is 0.636. The summed E-state index contributed by atoms with van der Waals surface area (Å²) in [6.45, 7) is 4.69. The fourth-order valence-corrected chi connectivity index (χ4v) is 1.70. The normalized spacial score (nSPS) is 20.7. The molecule has 0 spiro atoms. The van der Waals surface area contributed by atoms with Crippen molar-refractivity contribution in [2.75, 3.05) is 13.2 Å². The summed E-state index contributed by atoms with van der Waals surface area (Å²) in [5, 5.41) is 3.25. The van der Waals surface area contributed by atoms with Gasteiger partial charge in [0.15, 0.2) is 5.82 Å². The molecular formula is C11H17N3O. The van der Waals surface area contributed by atoms with Gasteiger partial charge in [0.2, 0.25) is 0 Å². The van der Waals surface area contributed by atoms with Crippen LogP contribution >= 0.6 is 0 Å². The summed E-state index contributed by atoms with van der Waals surface area (Å²) in [6.07, 6.45) is 4.10. The van der Waals surface area contributed by atoms with Crippen LogP contribution in [0.25, 0.3) is 0 Å². The van der Waals surface area contributed by atoms with E-state index in [4.69, 9.17) is 4.74 Å². The second kappa shape index (κ2) is 5.19. The zero-order valence-electron chi connectivity index (χ0n) is 9.07. The van der Waals surface area contributed by atoms with Crippen LogP contribution in [0.3, 0.4) is 0 Å². The highest BCUT2D eigenvalue weighted by atomic mass is 16.5. The summed E-state index contributed by atoms with van der Waals surface area (Å²) < 4.78 is 5.55. The second-order valence-electron chi connectivity index (χ2n) is 3.69. The number of nitrogens with zero attached hydrogens (tertiary/aromatic N) is 2. The standard InChI is InChI=1S/C11H17N3O/c1-2-12-8-9-5-6-13-11(14-9)10-4-3-7-15-10/h5-6,10,12H,2-4,7-8H2,1H3. The number of hydrogen-bond donors (Lipinski definition) is 1. The third-order valence-electron chi connectivity index (χ3n) is 2.51. The number of ether oxygens (including phenoxy) is 1. The fourth-order valence-electron chi connectivity index (χ4n) is 1.70. The SMILES string of the molecule is CCNCc1ccnc(C2CCCO2)n1. The van der Waals surface area contributed by atoms with Crippen LogP contribution in [-0.2, 0) is 11.3 Å². The predicted molar refractivity (Wildman–Crippen MR) is 57.3 cm³/mol. The molecule has 1 aromatic heterocycles. The minimum absolute atomic E-state index is 0.117. The van der Waals surface area contributed by atoms with Gasteiger partial charge in [0.1, 0.15) is 6.10 Å². The molecular weight excluding hydrogens is 190 g/mol. The summed E-state index contributed by atoms with van der Waals surface area (Å²) >= 11 is 0. The summed E-state index contributed by atoms with van der Waals surface area (Å²) in [5.41, 5.74) is 1.04. The first-order valence-corrected chi connectivity index (χ1v) is 5.54. The zero-order chi connectivity index (χ0) is 10.5. The maximum atomic E-state index is 5.55. The maximum Gasteiger partial charge on any atom is 0.157 e. The van der Waals surface area contributed by atoms with Gasteiger partial charge in [0.25, 0.3) is 0 Å². The van der Waals surface area contributed by atoms with E-state index in [1.54, 1.807) is 0 Å². The first-order chi connectivity index (χ1) is 7.40. The van der Waals surface area contributed by atoms with Crippen LogP contribution < -0.4 is 5.32 Å². The van der Waals surface area contributed by atoms with Gasteiger partial charge in [-0.3, -0.25) is 0 Å². The highest BCUT2D eigenvalue weighted by Gasteiger charge is 2.20. The van der Waals surface area contributed by atoms with E-state index in [-0.39, 0.29) is 6.10 Å². The summed E-state index contributed by atoms with van der Waals surface area (Å²) in [6, 6.07) is 1.95. The quantitative estimate of drug-likeness (QED) is 0.811. The average molecular weight is 207 g/mol. The number of aromatic nitrogens is 2. The Morgan fingerprint density at radius 3 is 3.27 bits per heavy atom. The third-order valence-corrected chi connectivity index (χ3v) is 2.51. The predicted octanol–water partition coefficient (Wildman–Crippen LogP) is 1.44. The van der Waals surface area contributed by atoms with Gasteiger partial charge in [-0.05, 0) is 25.5 Å². The van der Waals surface area contributed by atoms with Crippen molar-refractivity contribution in [3.05, 3.63) is 23.8 Å². The van der Waals surface area contributed by atoms with Crippen LogP contribution in [-0.4, -0.2) is 23.1 Å². The van der Waals surface area contributed by atoms with E-state index < -0.39 is 0 Å². The molecule has 1 atom stereocenters. The molecule has 1 N–H and O–H groups in total. The Bertz CT molecular complexity index is 310. The van der Waals surface area contributed by atoms with E-state index in [9.17, 15) is 0 Å². The molecule has 1 unspecified atom stereocenters. The molecule has 4 nitrogen and oxygen atoms in total. The highest BCUT2D eigenvalue weighted by molar-refractivity contribution is 5.04. The van der Waals surface area contributed by atoms with Crippen LogP contribution in [0.1, 0.15) is 37.4 Å². The Hall–Kier alpha value is -1.00. The van der Waals surface area contributed by atoms with E-state index in [0.29, 0.717) is 0 Å². The van der Waals surface area contributed by atoms with Gasteiger partial charge in [0, 0.05) is 19.3 Å². The Morgan fingerprint density at radius 2 is 2.53 bits per heavy atom. The topological polar surface area (TPSA) is 47.0 Å². The van der Waals surface area contributed by atoms with Crippen molar-refractivity contribution in [1.29, 1.82) is 0 Å². The van der Waals surface area contributed by atoms with E-state index >= 15 is 0 Å². The lowest BCUT2D eigenvalue weighted by Gasteiger charge is -2.09. The molecule has 1 aromatic rings. The molecule has 2 heterocycles. The largest absolute Gasteiger partial charge is 0.370 e. The van der Waals surface area contributed by atoms with Gasteiger partial charge < -0.3 is 10.1 Å². The van der Waals surface area contributed by atoms with Gasteiger partial charge in [-0.25, -0.2) is 9.97 Å². The molecule has 82 valence electrons. The van der Waals surface area contributed by atoms with Crippen molar-refractivity contribution < 1.29 is 4.74 Å². The summed E-state index contributed by atoms with van der Waals surface area (Å²) in [4.78, 5) is 8.76. The Balaban J connectivity index is 2.04. The van der Waals surface area contributed by atoms with Crippen molar-refractivity contribution in [1.82, 2.24) is 15.3 Å². The van der Waals surface area contributed by atoms with Crippen LogP contribution in [0.15, 0.2) is 12.3 Å². The van der Waals surface area contributed by atoms with E-state index in [2.05, 4.69) is 22.2 Å². The zero-order valence-corrected chi connectivity index (χ0v) is 9.07. The number of rotatable bonds is 4. The molecule has 1 fully saturated rings. The molecule has 0 saturated carbocycles. The maximum absolute atomic E-state index is 5.55. The van der Waals surface area contributed by atoms with Crippen LogP contribution in [0, 0.1) is 0 Å². The Kier molecular flexibility index (Phi) is 3.64. The number of nitrogens with one attached hydrogen (secondary N) is 1. The Labute approximate surface area is 90.1 Å². The van der Waals surface area contributed by atoms with Gasteiger partial charge in [-0.2, -0.15) is 0 Å². The summed E-state index contributed by atoms with van der Waals surface area (Å²) in [5.74, 6) is 0.836. The lowest BCUT2D eigenvalue weighted by atomic mass is 10.2. The third kappa shape index (κ3) is 2.73. The Morgan fingerprint density at radius 1 is 1.60 bits per heavy atom. The number of hydrogen-bond acceptors (Lipinski definition) is 4. The lowest BCUT2D eigenvalue weighted by Crippen LogP contribution is -2.14. The molecule has 1 saturated heterocycles. The van der Waals surface area contributed by atoms with Gasteiger partial charge in [-0.15, -0.1) is 0 Å². The molecule has 1 aliphatic heterocycles. The molecule has 0 bridgehead atoms. The van der Waals surface area contributed by atoms with Gasteiger partial charge in [-0.1, -0.05) is 6.92 Å². The van der Waals surface area contributed by atoms with Gasteiger partial charge >= 0.3 is 0 Å². The minimum atomic E-state index is 0.117. The highest BCUT2D eigenvalue weighted by Crippen LogP contribution is 2.25. The van der Waals surface area contributed by atoms with E-state index in [1.165, 1.54) is 0 Å². The molecule has 2 rings (SSSR count). The monoisotopic (exact) mass is 207 g/mol. The van der Waals surface area contributed by atoms with Crippen molar-refractivity contribution in [3.63, 3.8) is 0 Å². The van der Waals surface area contributed by atoms with E-state index in [1.807, 2.05) is 12.3 Å². The molecule has 4 heteroatoms. The second-order valence-corrected chi connectivity index (χ2v) is 3.69. The summed E-state index contributed by atoms with van der Waals surface area (Å²) in [7, 11) is 0. The van der Waals surface area contributed by atoms with Crippen LogP contribution in [0.4, 0.5) is 0 Å². The van der Waals surface area contributed by atoms with Crippen molar-refractivity contribution in [2.24, 2.45) is 0 Å². The minimum Gasteiger partial charge on any atom is -0.370 e. The van der Waals surface area contributed by atoms with Crippen molar-refractivity contribution in [3.8, 4) is 0 Å². The van der Waals surface area contributed by atoms with Gasteiger partial charge in [0.05, 0.1) is 5.69 Å². The molecule has 0 amide bonds. The molecule has 0 radical (unpaired) electrons.